The smallest absolute Gasteiger partial charge is 0.328 e. The highest BCUT2D eigenvalue weighted by molar-refractivity contribution is 7.93. The van der Waals surface area contributed by atoms with Crippen LogP contribution in [0.1, 0.15) is 19.4 Å². The first-order chi connectivity index (χ1) is 13.4. The van der Waals surface area contributed by atoms with Crippen molar-refractivity contribution in [3.05, 3.63) is 29.8 Å². The van der Waals surface area contributed by atoms with E-state index in [0.29, 0.717) is 5.56 Å². The van der Waals surface area contributed by atoms with Gasteiger partial charge in [0.2, 0.25) is 5.91 Å². The highest BCUT2D eigenvalue weighted by Gasteiger charge is 2.72. The lowest BCUT2D eigenvalue weighted by Crippen LogP contribution is -2.64. The fourth-order valence-electron chi connectivity index (χ4n) is 3.81. The molecule has 2 fully saturated rings. The van der Waals surface area contributed by atoms with Gasteiger partial charge in [-0.15, -0.1) is 0 Å². The summed E-state index contributed by atoms with van der Waals surface area (Å²) in [4.78, 5) is 36.9. The van der Waals surface area contributed by atoms with Crippen molar-refractivity contribution in [2.75, 3.05) is 6.61 Å². The third-order valence-corrected chi connectivity index (χ3v) is 8.39. The van der Waals surface area contributed by atoms with Gasteiger partial charge in [-0.2, -0.15) is 0 Å². The third-order valence-electron chi connectivity index (χ3n) is 5.51. The molecule has 2 aliphatic heterocycles. The molecule has 0 unspecified atom stereocenters. The second-order valence-corrected chi connectivity index (χ2v) is 10.4. The van der Waals surface area contributed by atoms with Crippen LogP contribution in [0.4, 0.5) is 0 Å². The summed E-state index contributed by atoms with van der Waals surface area (Å²) in [5.41, 5.74) is 6.49. The maximum atomic E-state index is 12.8. The number of fused-ring (bicyclic) bond motifs is 1. The number of hydrogen-bond acceptors (Lipinski definition) is 8. The van der Waals surface area contributed by atoms with E-state index in [1.165, 1.54) is 26.0 Å². The predicted octanol–water partition coefficient (Wildman–Crippen LogP) is -0.750. The number of carbonyl (C=O) groups is 3. The molecule has 0 radical (unpaired) electrons. The first-order valence-electron chi connectivity index (χ1n) is 8.88. The summed E-state index contributed by atoms with van der Waals surface area (Å²) in [6.45, 7) is 2.04. The minimum Gasteiger partial charge on any atom is -0.508 e. The Bertz CT molecular complexity index is 957. The molecule has 2 aliphatic rings. The fraction of sp³-hybridized carbons (Fsp3) is 0.500. The zero-order valence-corrected chi connectivity index (χ0v) is 16.6. The highest BCUT2D eigenvalue weighted by atomic mass is 32.2. The summed E-state index contributed by atoms with van der Waals surface area (Å²) >= 11 is 0. The molecule has 29 heavy (non-hydrogen) atoms. The Labute approximate surface area is 167 Å². The van der Waals surface area contributed by atoms with Crippen LogP contribution in [-0.4, -0.2) is 70.2 Å². The third kappa shape index (κ3) is 3.23. The lowest BCUT2D eigenvalue weighted by atomic mass is 9.92. The molecule has 4 N–H and O–H groups in total. The SMILES string of the molecule is CC1(C)[C@H](C(=O)O)N2C(=O)[C@H](COC(=O)[C@@H](N)Cc3ccc(O)cc3)[C@H]2S1(=O)=O. The molecule has 0 bridgehead atoms. The number of rotatable bonds is 6. The van der Waals surface area contributed by atoms with E-state index in [0.717, 1.165) is 4.90 Å². The van der Waals surface area contributed by atoms with Crippen molar-refractivity contribution in [2.45, 2.75) is 42.5 Å². The van der Waals surface area contributed by atoms with Gasteiger partial charge in [0.1, 0.15) is 30.4 Å². The van der Waals surface area contributed by atoms with Crippen LogP contribution in [0.2, 0.25) is 0 Å². The molecule has 0 spiro atoms. The molecule has 158 valence electrons. The summed E-state index contributed by atoms with van der Waals surface area (Å²) in [7, 11) is -3.98. The minimum atomic E-state index is -3.98. The number of β-lactam (4-membered cyclic amide) rings is 1. The summed E-state index contributed by atoms with van der Waals surface area (Å²) < 4.78 is 28.9. The molecule has 0 aromatic heterocycles. The average Bonchev–Trinajstić information content (AvgIpc) is 2.77. The lowest BCUT2D eigenvalue weighted by molar-refractivity contribution is -0.169. The van der Waals surface area contributed by atoms with Crippen LogP contribution >= 0.6 is 0 Å². The van der Waals surface area contributed by atoms with Gasteiger partial charge >= 0.3 is 11.9 Å². The Balaban J connectivity index is 1.66. The van der Waals surface area contributed by atoms with E-state index in [1.807, 2.05) is 0 Å². The fourth-order valence-corrected chi connectivity index (χ4v) is 6.11. The molecule has 1 amide bonds. The van der Waals surface area contributed by atoms with Crippen molar-refractivity contribution in [1.82, 2.24) is 4.90 Å². The summed E-state index contributed by atoms with van der Waals surface area (Å²) in [6, 6.07) is 3.54. The molecule has 0 aliphatic carbocycles. The number of amides is 1. The normalized spacial score (nSPS) is 27.6. The Hall–Kier alpha value is -2.66. The predicted molar refractivity (Wildman–Crippen MR) is 99.3 cm³/mol. The van der Waals surface area contributed by atoms with Gasteiger partial charge in [-0.1, -0.05) is 12.1 Å². The average molecular weight is 426 g/mol. The van der Waals surface area contributed by atoms with E-state index >= 15 is 0 Å². The Morgan fingerprint density at radius 3 is 2.41 bits per heavy atom. The molecule has 3 rings (SSSR count). The van der Waals surface area contributed by atoms with Crippen LogP contribution in [0.25, 0.3) is 0 Å². The Morgan fingerprint density at radius 2 is 1.86 bits per heavy atom. The number of phenols is 1. The van der Waals surface area contributed by atoms with E-state index in [9.17, 15) is 33.0 Å². The maximum absolute atomic E-state index is 12.8. The Morgan fingerprint density at radius 1 is 1.28 bits per heavy atom. The van der Waals surface area contributed by atoms with Crippen molar-refractivity contribution in [1.29, 1.82) is 0 Å². The number of hydrogen-bond donors (Lipinski definition) is 3. The number of carbonyl (C=O) groups excluding carboxylic acids is 2. The van der Waals surface area contributed by atoms with Gasteiger partial charge in [0.15, 0.2) is 15.2 Å². The van der Waals surface area contributed by atoms with Crippen LogP contribution in [0.15, 0.2) is 24.3 Å². The van der Waals surface area contributed by atoms with E-state index in [-0.39, 0.29) is 12.2 Å². The van der Waals surface area contributed by atoms with Crippen molar-refractivity contribution in [3.63, 3.8) is 0 Å². The molecule has 2 saturated heterocycles. The molecule has 2 heterocycles. The molecule has 4 atom stereocenters. The van der Waals surface area contributed by atoms with Gasteiger partial charge in [0.25, 0.3) is 0 Å². The van der Waals surface area contributed by atoms with Gasteiger partial charge in [-0.3, -0.25) is 9.59 Å². The largest absolute Gasteiger partial charge is 0.508 e. The first kappa shape index (κ1) is 21.1. The van der Waals surface area contributed by atoms with Crippen molar-refractivity contribution in [3.8, 4) is 5.75 Å². The number of aromatic hydroxyl groups is 1. The molecular weight excluding hydrogens is 404 g/mol. The Kier molecular flexibility index (Phi) is 5.08. The van der Waals surface area contributed by atoms with E-state index in [2.05, 4.69) is 0 Å². The van der Waals surface area contributed by atoms with Crippen LogP contribution in [0.5, 0.6) is 5.75 Å². The monoisotopic (exact) mass is 426 g/mol. The molecule has 11 heteroatoms. The summed E-state index contributed by atoms with van der Waals surface area (Å²) in [5.74, 6) is -3.99. The topological polar surface area (TPSA) is 164 Å². The summed E-state index contributed by atoms with van der Waals surface area (Å²) in [5, 5.41) is 17.3. The van der Waals surface area contributed by atoms with Gasteiger partial charge in [-0.05, 0) is 38.0 Å². The number of phenolic OH excluding ortho intramolecular Hbond substituents is 1. The van der Waals surface area contributed by atoms with Crippen molar-refractivity contribution in [2.24, 2.45) is 11.7 Å². The van der Waals surface area contributed by atoms with Gasteiger partial charge < -0.3 is 25.6 Å². The number of aliphatic carboxylic acids is 1. The van der Waals surface area contributed by atoms with Gasteiger partial charge in [0, 0.05) is 0 Å². The number of nitrogens with zero attached hydrogens (tertiary/aromatic N) is 1. The molecule has 1 aromatic rings. The zero-order valence-electron chi connectivity index (χ0n) is 15.8. The van der Waals surface area contributed by atoms with Gasteiger partial charge in [0.05, 0.1) is 4.75 Å². The second kappa shape index (κ2) is 6.99. The minimum absolute atomic E-state index is 0.0679. The van der Waals surface area contributed by atoms with E-state index < -0.39 is 62.4 Å². The lowest BCUT2D eigenvalue weighted by Gasteiger charge is -2.42. The number of ether oxygens (including phenoxy) is 1. The van der Waals surface area contributed by atoms with Crippen LogP contribution in [0.3, 0.4) is 0 Å². The van der Waals surface area contributed by atoms with Crippen molar-refractivity contribution < 1.29 is 37.8 Å². The number of sulfone groups is 1. The molecule has 1 aromatic carbocycles. The van der Waals surface area contributed by atoms with E-state index in [4.69, 9.17) is 10.5 Å². The van der Waals surface area contributed by atoms with Gasteiger partial charge in [-0.25, -0.2) is 13.2 Å². The van der Waals surface area contributed by atoms with E-state index in [1.54, 1.807) is 12.1 Å². The zero-order chi connectivity index (χ0) is 21.7. The summed E-state index contributed by atoms with van der Waals surface area (Å²) in [6.07, 6.45) is 0.125. The number of carboxylic acid groups (broad SMARTS) is 1. The molecule has 0 saturated carbocycles. The van der Waals surface area contributed by atoms with Crippen LogP contribution in [-0.2, 0) is 35.4 Å². The van der Waals surface area contributed by atoms with Crippen LogP contribution in [0, 0.1) is 5.92 Å². The molecular formula is C18H22N2O8S. The van der Waals surface area contributed by atoms with Crippen LogP contribution < -0.4 is 5.73 Å². The highest BCUT2D eigenvalue weighted by Crippen LogP contribution is 2.48. The van der Waals surface area contributed by atoms with Crippen molar-refractivity contribution >= 4 is 27.7 Å². The second-order valence-electron chi connectivity index (χ2n) is 7.74. The quantitative estimate of drug-likeness (QED) is 0.392. The first-order valence-corrected chi connectivity index (χ1v) is 10.4. The molecule has 10 nitrogen and oxygen atoms in total. The number of benzene rings is 1. The number of carboxylic acids is 1. The number of nitrogens with two attached hydrogens (primary N) is 1. The number of esters is 1. The maximum Gasteiger partial charge on any atom is 0.328 e. The standard InChI is InChI=1S/C18H22N2O8S/c1-18(2)13(16(23)24)20-14(22)11(15(20)29(18,26)27)8-28-17(25)12(19)7-9-3-5-10(21)6-4-9/h3-6,11-13,15,21H,7-8,19H2,1-2H3,(H,23,24)/t11-,12-,13-,15+/m0/s1.